The van der Waals surface area contributed by atoms with E-state index < -0.39 is 0 Å². The third-order valence-electron chi connectivity index (χ3n) is 5.18. The van der Waals surface area contributed by atoms with Crippen molar-refractivity contribution in [1.82, 2.24) is 9.88 Å². The van der Waals surface area contributed by atoms with Gasteiger partial charge in [-0.15, -0.1) is 0 Å². The number of fused-ring (bicyclic) bond motifs is 2. The number of carbonyl (C=O) groups is 1. The predicted octanol–water partition coefficient (Wildman–Crippen LogP) is 1.26. The van der Waals surface area contributed by atoms with Crippen LogP contribution in [0.15, 0.2) is 24.3 Å². The first-order chi connectivity index (χ1) is 11.1. The summed E-state index contributed by atoms with van der Waals surface area (Å²) in [6.45, 7) is 2.39. The maximum Gasteiger partial charge on any atom is 0.270 e. The van der Waals surface area contributed by atoms with Gasteiger partial charge in [0, 0.05) is 35.3 Å². The molecule has 3 heterocycles. The van der Waals surface area contributed by atoms with Gasteiger partial charge in [0.15, 0.2) is 0 Å². The number of aromatic amines is 1. The molecule has 1 aromatic carbocycles. The van der Waals surface area contributed by atoms with E-state index in [1.165, 1.54) is 0 Å². The molecule has 2 N–H and O–H groups in total. The molecular formula is C17H20N2O4. The van der Waals surface area contributed by atoms with Crippen molar-refractivity contribution in [1.29, 1.82) is 0 Å². The van der Waals surface area contributed by atoms with E-state index in [-0.39, 0.29) is 23.8 Å². The summed E-state index contributed by atoms with van der Waals surface area (Å²) in [5.74, 6) is 0.964. The lowest BCUT2D eigenvalue weighted by Gasteiger charge is -2.23. The molecule has 2 aliphatic rings. The summed E-state index contributed by atoms with van der Waals surface area (Å²) in [7, 11) is 1.62. The molecule has 1 amide bonds. The number of benzene rings is 1. The molecule has 4 rings (SSSR count). The van der Waals surface area contributed by atoms with Crippen LogP contribution in [0.4, 0.5) is 0 Å². The molecule has 6 nitrogen and oxygen atoms in total. The van der Waals surface area contributed by atoms with Crippen molar-refractivity contribution in [3.63, 3.8) is 0 Å². The van der Waals surface area contributed by atoms with Crippen LogP contribution in [0.2, 0.25) is 0 Å². The number of hydrogen-bond donors (Lipinski definition) is 2. The Kier molecular flexibility index (Phi) is 3.32. The number of amides is 1. The van der Waals surface area contributed by atoms with E-state index in [1.807, 2.05) is 29.2 Å². The second-order valence-corrected chi connectivity index (χ2v) is 6.55. The van der Waals surface area contributed by atoms with Crippen LogP contribution in [-0.2, 0) is 4.74 Å². The SMILES string of the molecule is COc1ccc2[nH]c(C(=O)N3C[C@H]4COC[C@@]4(CO)C3)cc2c1. The molecule has 0 saturated carbocycles. The van der Waals surface area contributed by atoms with Crippen molar-refractivity contribution in [2.75, 3.05) is 40.0 Å². The highest BCUT2D eigenvalue weighted by atomic mass is 16.5. The Morgan fingerprint density at radius 2 is 2.39 bits per heavy atom. The fraction of sp³-hybridized carbons (Fsp3) is 0.471. The Morgan fingerprint density at radius 1 is 1.52 bits per heavy atom. The summed E-state index contributed by atoms with van der Waals surface area (Å²) < 4.78 is 10.7. The van der Waals surface area contributed by atoms with Crippen molar-refractivity contribution < 1.29 is 19.4 Å². The first-order valence-corrected chi connectivity index (χ1v) is 7.80. The van der Waals surface area contributed by atoms with Gasteiger partial charge in [-0.25, -0.2) is 0 Å². The molecule has 0 radical (unpaired) electrons. The van der Waals surface area contributed by atoms with Crippen LogP contribution < -0.4 is 4.74 Å². The Hall–Kier alpha value is -2.05. The molecule has 2 saturated heterocycles. The van der Waals surface area contributed by atoms with E-state index in [9.17, 15) is 9.90 Å². The van der Waals surface area contributed by atoms with E-state index in [1.54, 1.807) is 7.11 Å². The van der Waals surface area contributed by atoms with E-state index >= 15 is 0 Å². The zero-order chi connectivity index (χ0) is 16.0. The number of methoxy groups -OCH3 is 1. The molecule has 0 spiro atoms. The van der Waals surface area contributed by atoms with E-state index in [4.69, 9.17) is 9.47 Å². The first kappa shape index (κ1) is 14.5. The van der Waals surface area contributed by atoms with Gasteiger partial charge in [-0.3, -0.25) is 4.79 Å². The van der Waals surface area contributed by atoms with E-state index in [0.29, 0.717) is 32.0 Å². The van der Waals surface area contributed by atoms with Crippen LogP contribution in [0, 0.1) is 11.3 Å². The van der Waals surface area contributed by atoms with Crippen LogP contribution in [0.3, 0.4) is 0 Å². The van der Waals surface area contributed by atoms with Crippen molar-refractivity contribution in [2.24, 2.45) is 11.3 Å². The molecule has 2 aromatic rings. The molecule has 1 aromatic heterocycles. The van der Waals surface area contributed by atoms with Crippen LogP contribution in [0.5, 0.6) is 5.75 Å². The van der Waals surface area contributed by atoms with Crippen molar-refractivity contribution in [2.45, 2.75) is 0 Å². The van der Waals surface area contributed by atoms with Gasteiger partial charge in [0.25, 0.3) is 5.91 Å². The van der Waals surface area contributed by atoms with Crippen LogP contribution in [0.25, 0.3) is 10.9 Å². The highest BCUT2D eigenvalue weighted by Gasteiger charge is 2.51. The molecule has 0 aliphatic carbocycles. The lowest BCUT2D eigenvalue weighted by molar-refractivity contribution is 0.0627. The van der Waals surface area contributed by atoms with Crippen molar-refractivity contribution in [3.05, 3.63) is 30.0 Å². The number of nitrogens with zero attached hydrogens (tertiary/aromatic N) is 1. The zero-order valence-corrected chi connectivity index (χ0v) is 13.0. The molecule has 2 aliphatic heterocycles. The molecule has 23 heavy (non-hydrogen) atoms. The Bertz CT molecular complexity index is 756. The molecule has 0 bridgehead atoms. The third kappa shape index (κ3) is 2.21. The second kappa shape index (κ2) is 5.25. The smallest absolute Gasteiger partial charge is 0.270 e. The highest BCUT2D eigenvalue weighted by molar-refractivity contribution is 5.98. The summed E-state index contributed by atoms with van der Waals surface area (Å²) in [6.07, 6.45) is 0. The van der Waals surface area contributed by atoms with Gasteiger partial charge in [-0.05, 0) is 24.3 Å². The number of aromatic nitrogens is 1. The Balaban J connectivity index is 1.60. The fourth-order valence-electron chi connectivity index (χ4n) is 3.73. The number of hydrogen-bond acceptors (Lipinski definition) is 4. The van der Waals surface area contributed by atoms with Crippen LogP contribution in [0.1, 0.15) is 10.5 Å². The standard InChI is InChI=1S/C17H20N2O4/c1-22-13-2-3-14-11(4-13)5-15(18-14)16(21)19-6-12-7-23-10-17(12,8-19)9-20/h2-5,12,18,20H,6-10H2,1H3/t12-,17-/m0/s1. The average molecular weight is 316 g/mol. The fourth-order valence-corrected chi connectivity index (χ4v) is 3.73. The van der Waals surface area contributed by atoms with Gasteiger partial charge in [0.2, 0.25) is 0 Å². The number of rotatable bonds is 3. The first-order valence-electron chi connectivity index (χ1n) is 7.80. The summed E-state index contributed by atoms with van der Waals surface area (Å²) in [6, 6.07) is 7.54. The summed E-state index contributed by atoms with van der Waals surface area (Å²) in [5.41, 5.74) is 1.20. The molecule has 0 unspecified atom stereocenters. The van der Waals surface area contributed by atoms with Gasteiger partial charge in [0.05, 0.1) is 26.9 Å². The lowest BCUT2D eigenvalue weighted by atomic mass is 9.82. The monoisotopic (exact) mass is 316 g/mol. The van der Waals surface area contributed by atoms with Crippen molar-refractivity contribution >= 4 is 16.8 Å². The quantitative estimate of drug-likeness (QED) is 0.894. The topological polar surface area (TPSA) is 74.8 Å². The number of aliphatic hydroxyl groups excluding tert-OH is 1. The van der Waals surface area contributed by atoms with Gasteiger partial charge in [-0.1, -0.05) is 0 Å². The largest absolute Gasteiger partial charge is 0.497 e. The summed E-state index contributed by atoms with van der Waals surface area (Å²) >= 11 is 0. The van der Waals surface area contributed by atoms with Crippen LogP contribution >= 0.6 is 0 Å². The number of H-pyrrole nitrogens is 1. The average Bonchev–Trinajstić information content (AvgIpc) is 3.24. The van der Waals surface area contributed by atoms with Gasteiger partial charge in [-0.2, -0.15) is 0 Å². The van der Waals surface area contributed by atoms with Crippen LogP contribution in [-0.4, -0.2) is 60.9 Å². The molecule has 6 heteroatoms. The number of ether oxygens (including phenoxy) is 2. The van der Waals surface area contributed by atoms with Gasteiger partial charge < -0.3 is 24.5 Å². The number of nitrogens with one attached hydrogen (secondary N) is 1. The highest BCUT2D eigenvalue weighted by Crippen LogP contribution is 2.41. The minimum absolute atomic E-state index is 0.0256. The maximum atomic E-state index is 12.8. The second-order valence-electron chi connectivity index (χ2n) is 6.55. The minimum atomic E-state index is -0.287. The Morgan fingerprint density at radius 3 is 3.13 bits per heavy atom. The van der Waals surface area contributed by atoms with E-state index in [2.05, 4.69) is 4.98 Å². The predicted molar refractivity (Wildman–Crippen MR) is 84.6 cm³/mol. The molecular weight excluding hydrogens is 296 g/mol. The summed E-state index contributed by atoms with van der Waals surface area (Å²) in [5, 5.41) is 10.7. The Labute approximate surface area is 134 Å². The summed E-state index contributed by atoms with van der Waals surface area (Å²) in [4.78, 5) is 17.8. The number of aliphatic hydroxyl groups is 1. The normalized spacial score (nSPS) is 26.7. The third-order valence-corrected chi connectivity index (χ3v) is 5.18. The minimum Gasteiger partial charge on any atom is -0.497 e. The number of carbonyl (C=O) groups excluding carboxylic acids is 1. The number of likely N-dealkylation sites (tertiary alicyclic amines) is 1. The molecule has 2 fully saturated rings. The molecule has 122 valence electrons. The maximum absolute atomic E-state index is 12.8. The lowest BCUT2D eigenvalue weighted by Crippen LogP contribution is -2.36. The van der Waals surface area contributed by atoms with Crippen molar-refractivity contribution in [3.8, 4) is 5.75 Å². The van der Waals surface area contributed by atoms with Gasteiger partial charge in [0.1, 0.15) is 11.4 Å². The molecule has 2 atom stereocenters. The van der Waals surface area contributed by atoms with Gasteiger partial charge >= 0.3 is 0 Å². The zero-order valence-electron chi connectivity index (χ0n) is 13.0. The van der Waals surface area contributed by atoms with E-state index in [0.717, 1.165) is 16.7 Å².